The molecule has 0 radical (unpaired) electrons. The normalized spacial score (nSPS) is 21.0. The van der Waals surface area contributed by atoms with Gasteiger partial charge in [-0.3, -0.25) is 14.2 Å². The van der Waals surface area contributed by atoms with Crippen LogP contribution in [0.25, 0.3) is 21.9 Å². The van der Waals surface area contributed by atoms with Crippen molar-refractivity contribution in [2.75, 3.05) is 11.9 Å². The summed E-state index contributed by atoms with van der Waals surface area (Å²) in [6.45, 7) is 3.01. The fraction of sp³-hybridized carbons (Fsp3) is 0.258. The van der Waals surface area contributed by atoms with Gasteiger partial charge in [0.25, 0.3) is 5.91 Å². The van der Waals surface area contributed by atoms with E-state index >= 15 is 0 Å². The summed E-state index contributed by atoms with van der Waals surface area (Å²) in [5, 5.41) is 29.4. The SMILES string of the molecule is CC(=O)c1cccc(C(=O)N[C@@H]2[C@H](O)[C@@H](CO)O[C@H]2n2cnc3c(N[C@H](C)c4cccc5ccccc45)ncnc32)c1. The summed E-state index contributed by atoms with van der Waals surface area (Å²) in [6, 6.07) is 19.6. The fourth-order valence-electron chi connectivity index (χ4n) is 5.46. The molecule has 4 N–H and O–H groups in total. The van der Waals surface area contributed by atoms with Crippen LogP contribution < -0.4 is 10.6 Å². The number of hydrogen-bond acceptors (Lipinski definition) is 9. The molecule has 5 aromatic rings. The average Bonchev–Trinajstić information content (AvgIpc) is 3.58. The molecular weight excluding hydrogens is 536 g/mol. The third kappa shape index (κ3) is 4.98. The van der Waals surface area contributed by atoms with E-state index in [1.54, 1.807) is 22.8 Å². The lowest BCUT2D eigenvalue weighted by Gasteiger charge is -2.23. The van der Waals surface area contributed by atoms with Crippen molar-refractivity contribution in [3.63, 3.8) is 0 Å². The van der Waals surface area contributed by atoms with Crippen molar-refractivity contribution in [1.82, 2.24) is 24.8 Å². The Bertz CT molecular complexity index is 1780. The fourth-order valence-corrected chi connectivity index (χ4v) is 5.46. The molecule has 0 bridgehead atoms. The van der Waals surface area contributed by atoms with Crippen molar-refractivity contribution in [2.24, 2.45) is 0 Å². The van der Waals surface area contributed by atoms with E-state index in [0.29, 0.717) is 22.5 Å². The smallest absolute Gasteiger partial charge is 0.251 e. The number of amides is 1. The monoisotopic (exact) mass is 566 g/mol. The largest absolute Gasteiger partial charge is 0.394 e. The van der Waals surface area contributed by atoms with E-state index in [9.17, 15) is 19.8 Å². The van der Waals surface area contributed by atoms with Gasteiger partial charge in [0, 0.05) is 11.1 Å². The lowest BCUT2D eigenvalue weighted by Crippen LogP contribution is -2.46. The molecule has 0 aliphatic carbocycles. The number of fused-ring (bicyclic) bond motifs is 2. The van der Waals surface area contributed by atoms with E-state index in [1.165, 1.54) is 25.6 Å². The van der Waals surface area contributed by atoms with E-state index in [2.05, 4.69) is 49.9 Å². The van der Waals surface area contributed by atoms with Crippen LogP contribution in [0.4, 0.5) is 5.82 Å². The number of nitrogens with one attached hydrogen (secondary N) is 2. The highest BCUT2D eigenvalue weighted by Crippen LogP contribution is 2.34. The zero-order valence-corrected chi connectivity index (χ0v) is 23.0. The number of Topliss-reactive ketones (excluding diaryl/α,β-unsaturated/α-hetero) is 1. The molecule has 11 nitrogen and oxygen atoms in total. The molecule has 11 heteroatoms. The molecule has 1 amide bonds. The zero-order valence-electron chi connectivity index (χ0n) is 23.0. The summed E-state index contributed by atoms with van der Waals surface area (Å²) in [5.74, 6) is -0.159. The summed E-state index contributed by atoms with van der Waals surface area (Å²) in [7, 11) is 0. The number of aliphatic hydroxyl groups excluding tert-OH is 2. The molecule has 214 valence electrons. The van der Waals surface area contributed by atoms with E-state index in [0.717, 1.165) is 16.3 Å². The summed E-state index contributed by atoms with van der Waals surface area (Å²) < 4.78 is 7.61. The zero-order chi connectivity index (χ0) is 29.4. The maximum atomic E-state index is 13.2. The van der Waals surface area contributed by atoms with Crippen molar-refractivity contribution >= 4 is 39.4 Å². The predicted molar refractivity (Wildman–Crippen MR) is 156 cm³/mol. The molecule has 1 fully saturated rings. The van der Waals surface area contributed by atoms with E-state index in [-0.39, 0.29) is 17.4 Å². The van der Waals surface area contributed by atoms with Gasteiger partial charge in [-0.05, 0) is 42.3 Å². The number of benzene rings is 3. The standard InChI is InChI=1S/C31H30N6O5/c1-17(22-12-6-8-19-7-3-4-11-23(19)22)35-28-26-29(33-15-32-28)37(16-34-26)31-25(27(40)24(14-38)42-31)36-30(41)21-10-5-9-20(13-21)18(2)39/h3-13,15-17,24-25,27,31,38,40H,14H2,1-2H3,(H,36,41)(H,32,33,35)/t17-,24-,25-,27-,31-/m1/s1. The van der Waals surface area contributed by atoms with Crippen LogP contribution in [0.2, 0.25) is 0 Å². The number of ether oxygens (including phenoxy) is 1. The lowest BCUT2D eigenvalue weighted by molar-refractivity contribution is -0.0440. The van der Waals surface area contributed by atoms with Gasteiger partial charge in [0.2, 0.25) is 0 Å². The molecule has 3 heterocycles. The van der Waals surface area contributed by atoms with Gasteiger partial charge in [0.15, 0.2) is 29.0 Å². The number of ketones is 1. The second-order valence-electron chi connectivity index (χ2n) is 10.4. The van der Waals surface area contributed by atoms with Gasteiger partial charge < -0.3 is 25.6 Å². The van der Waals surface area contributed by atoms with Crippen molar-refractivity contribution in [1.29, 1.82) is 0 Å². The number of anilines is 1. The first kappa shape index (κ1) is 27.5. The van der Waals surface area contributed by atoms with Crippen LogP contribution in [0.15, 0.2) is 79.4 Å². The third-order valence-corrected chi connectivity index (χ3v) is 7.66. The van der Waals surface area contributed by atoms with Crippen molar-refractivity contribution < 1.29 is 24.5 Å². The highest BCUT2D eigenvalue weighted by molar-refractivity contribution is 5.99. The van der Waals surface area contributed by atoms with Crippen molar-refractivity contribution in [3.05, 3.63) is 96.1 Å². The second kappa shape index (κ2) is 11.3. The Balaban J connectivity index is 1.30. The number of hydrogen-bond donors (Lipinski definition) is 4. The van der Waals surface area contributed by atoms with Crippen LogP contribution in [0.1, 0.15) is 52.4 Å². The molecule has 6 rings (SSSR count). The Hall–Kier alpha value is -4.71. The summed E-state index contributed by atoms with van der Waals surface area (Å²) >= 11 is 0. The first-order valence-corrected chi connectivity index (χ1v) is 13.6. The van der Waals surface area contributed by atoms with Crippen LogP contribution in [0.5, 0.6) is 0 Å². The quantitative estimate of drug-likeness (QED) is 0.207. The van der Waals surface area contributed by atoms with Gasteiger partial charge in [0.1, 0.15) is 24.6 Å². The van der Waals surface area contributed by atoms with Crippen LogP contribution >= 0.6 is 0 Å². The first-order chi connectivity index (χ1) is 20.4. The predicted octanol–water partition coefficient (Wildman–Crippen LogP) is 3.40. The minimum atomic E-state index is -1.22. The molecular formula is C31H30N6O5. The van der Waals surface area contributed by atoms with Gasteiger partial charge in [-0.2, -0.15) is 0 Å². The van der Waals surface area contributed by atoms with Crippen LogP contribution in [-0.4, -0.2) is 66.3 Å². The minimum Gasteiger partial charge on any atom is -0.394 e. The van der Waals surface area contributed by atoms with Crippen LogP contribution in [0, 0.1) is 0 Å². The Morgan fingerprint density at radius 1 is 1.02 bits per heavy atom. The molecule has 0 spiro atoms. The Labute approximate surface area is 241 Å². The molecule has 2 aromatic heterocycles. The number of rotatable bonds is 8. The topological polar surface area (TPSA) is 151 Å². The van der Waals surface area contributed by atoms with Gasteiger partial charge in [-0.25, -0.2) is 15.0 Å². The number of nitrogens with zero attached hydrogens (tertiary/aromatic N) is 4. The van der Waals surface area contributed by atoms with E-state index in [1.807, 2.05) is 25.1 Å². The lowest BCUT2D eigenvalue weighted by atomic mass is 10.00. The molecule has 1 aliphatic heterocycles. The number of aromatic nitrogens is 4. The van der Waals surface area contributed by atoms with Gasteiger partial charge >= 0.3 is 0 Å². The van der Waals surface area contributed by atoms with Crippen LogP contribution in [0.3, 0.4) is 0 Å². The highest BCUT2D eigenvalue weighted by atomic mass is 16.5. The van der Waals surface area contributed by atoms with Gasteiger partial charge in [0.05, 0.1) is 19.0 Å². The third-order valence-electron chi connectivity index (χ3n) is 7.66. The molecule has 5 atom stereocenters. The summed E-state index contributed by atoms with van der Waals surface area (Å²) in [5.41, 5.74) is 2.66. The molecule has 42 heavy (non-hydrogen) atoms. The molecule has 0 saturated carbocycles. The average molecular weight is 567 g/mol. The van der Waals surface area contributed by atoms with Crippen LogP contribution in [-0.2, 0) is 4.74 Å². The second-order valence-corrected chi connectivity index (χ2v) is 10.4. The summed E-state index contributed by atoms with van der Waals surface area (Å²) in [4.78, 5) is 38.4. The van der Waals surface area contributed by atoms with Crippen molar-refractivity contribution in [2.45, 2.75) is 44.4 Å². The van der Waals surface area contributed by atoms with E-state index < -0.39 is 37.0 Å². The van der Waals surface area contributed by atoms with Crippen molar-refractivity contribution in [3.8, 4) is 0 Å². The molecule has 0 unspecified atom stereocenters. The molecule has 1 saturated heterocycles. The Morgan fingerprint density at radius 2 is 1.79 bits per heavy atom. The number of aliphatic hydroxyl groups is 2. The minimum absolute atomic E-state index is 0.111. The number of carbonyl (C=O) groups excluding carboxylic acids is 2. The Morgan fingerprint density at radius 3 is 2.60 bits per heavy atom. The maximum absolute atomic E-state index is 13.2. The number of carbonyl (C=O) groups is 2. The summed E-state index contributed by atoms with van der Waals surface area (Å²) in [6.07, 6.45) is -0.176. The maximum Gasteiger partial charge on any atom is 0.251 e. The van der Waals surface area contributed by atoms with Gasteiger partial charge in [-0.15, -0.1) is 0 Å². The Kier molecular flexibility index (Phi) is 7.38. The molecule has 1 aliphatic rings. The molecule has 3 aromatic carbocycles. The van der Waals surface area contributed by atoms with E-state index in [4.69, 9.17) is 4.74 Å². The van der Waals surface area contributed by atoms with Gasteiger partial charge in [-0.1, -0.05) is 54.6 Å². The highest BCUT2D eigenvalue weighted by Gasteiger charge is 2.46. The first-order valence-electron chi connectivity index (χ1n) is 13.6. The number of imidazole rings is 1.